The van der Waals surface area contributed by atoms with Crippen LogP contribution in [0.15, 0.2) is 24.3 Å². The zero-order valence-electron chi connectivity index (χ0n) is 23.4. The Labute approximate surface area is 221 Å². The number of rotatable bonds is 15. The average molecular weight is 521 g/mol. The molecule has 10 heteroatoms. The standard InChI is InChI=1S/C27H44N4O6/c1-9-19(5)25(22(10-2)36-8)30(6)23(33)15-28-26(34)24(18(3)4)31(7)27(35)37-16-20-11-13-21(14-12-20)29-17-32/h11-14,17-19,22,24-25H,9-10,15-16H2,1-8H3,(H,28,34)(H,29,32). The summed E-state index contributed by atoms with van der Waals surface area (Å²) in [7, 11) is 4.88. The van der Waals surface area contributed by atoms with Gasteiger partial charge in [-0.15, -0.1) is 0 Å². The Morgan fingerprint density at radius 2 is 1.62 bits per heavy atom. The summed E-state index contributed by atoms with van der Waals surface area (Å²) in [4.78, 5) is 52.2. The van der Waals surface area contributed by atoms with Gasteiger partial charge in [-0.2, -0.15) is 0 Å². The Morgan fingerprint density at radius 3 is 2.11 bits per heavy atom. The fourth-order valence-corrected chi connectivity index (χ4v) is 4.40. The van der Waals surface area contributed by atoms with Gasteiger partial charge in [0.15, 0.2) is 0 Å². The summed E-state index contributed by atoms with van der Waals surface area (Å²) < 4.78 is 11.0. The van der Waals surface area contributed by atoms with E-state index in [-0.39, 0.29) is 43.0 Å². The molecule has 10 nitrogen and oxygen atoms in total. The number of amides is 4. The van der Waals surface area contributed by atoms with E-state index in [1.807, 2.05) is 20.8 Å². The van der Waals surface area contributed by atoms with Gasteiger partial charge in [0.2, 0.25) is 18.2 Å². The first-order valence-electron chi connectivity index (χ1n) is 12.8. The van der Waals surface area contributed by atoms with E-state index < -0.39 is 18.0 Å². The monoisotopic (exact) mass is 520 g/mol. The predicted octanol–water partition coefficient (Wildman–Crippen LogP) is 3.26. The van der Waals surface area contributed by atoms with Gasteiger partial charge in [0, 0.05) is 26.9 Å². The molecule has 2 N–H and O–H groups in total. The molecule has 0 saturated heterocycles. The summed E-state index contributed by atoms with van der Waals surface area (Å²) >= 11 is 0. The van der Waals surface area contributed by atoms with Crippen molar-refractivity contribution >= 4 is 30.0 Å². The van der Waals surface area contributed by atoms with E-state index in [1.165, 1.54) is 11.9 Å². The normalized spacial score (nSPS) is 14.2. The first-order valence-corrected chi connectivity index (χ1v) is 12.8. The van der Waals surface area contributed by atoms with Crippen molar-refractivity contribution in [2.24, 2.45) is 11.8 Å². The highest BCUT2D eigenvalue weighted by atomic mass is 16.6. The van der Waals surface area contributed by atoms with E-state index in [0.717, 1.165) is 18.4 Å². The van der Waals surface area contributed by atoms with Crippen molar-refractivity contribution in [3.8, 4) is 0 Å². The molecule has 0 aliphatic heterocycles. The molecule has 0 bridgehead atoms. The zero-order chi connectivity index (χ0) is 28.1. The summed E-state index contributed by atoms with van der Waals surface area (Å²) in [5, 5.41) is 5.24. The van der Waals surface area contributed by atoms with Gasteiger partial charge in [-0.3, -0.25) is 19.3 Å². The van der Waals surface area contributed by atoms with Crippen LogP contribution in [-0.2, 0) is 30.5 Å². The lowest BCUT2D eigenvalue weighted by Crippen LogP contribution is -2.54. The van der Waals surface area contributed by atoms with Crippen molar-refractivity contribution in [3.63, 3.8) is 0 Å². The van der Waals surface area contributed by atoms with Crippen LogP contribution in [-0.4, -0.2) is 80.1 Å². The zero-order valence-corrected chi connectivity index (χ0v) is 23.4. The average Bonchev–Trinajstić information content (AvgIpc) is 2.88. The molecule has 0 radical (unpaired) electrons. The third-order valence-corrected chi connectivity index (χ3v) is 6.71. The number of methoxy groups -OCH3 is 1. The summed E-state index contributed by atoms with van der Waals surface area (Å²) in [6, 6.07) is 5.91. The third-order valence-electron chi connectivity index (χ3n) is 6.71. The van der Waals surface area contributed by atoms with Gasteiger partial charge in [-0.05, 0) is 36.0 Å². The van der Waals surface area contributed by atoms with E-state index in [9.17, 15) is 19.2 Å². The molecule has 0 spiro atoms. The number of carbonyl (C=O) groups is 4. The fraction of sp³-hybridized carbons (Fsp3) is 0.630. The number of hydrogen-bond acceptors (Lipinski definition) is 6. The number of hydrogen-bond donors (Lipinski definition) is 2. The highest BCUT2D eigenvalue weighted by molar-refractivity contribution is 5.89. The lowest BCUT2D eigenvalue weighted by molar-refractivity contribution is -0.138. The van der Waals surface area contributed by atoms with Crippen LogP contribution in [0.4, 0.5) is 10.5 Å². The van der Waals surface area contributed by atoms with Gasteiger partial charge in [-0.1, -0.05) is 53.2 Å². The number of anilines is 1. The predicted molar refractivity (Wildman–Crippen MR) is 143 cm³/mol. The third kappa shape index (κ3) is 9.35. The second-order valence-electron chi connectivity index (χ2n) is 9.59. The highest BCUT2D eigenvalue weighted by Crippen LogP contribution is 2.21. The molecule has 37 heavy (non-hydrogen) atoms. The summed E-state index contributed by atoms with van der Waals surface area (Å²) in [5.41, 5.74) is 1.36. The summed E-state index contributed by atoms with van der Waals surface area (Å²) in [5.74, 6) is -0.657. The van der Waals surface area contributed by atoms with Gasteiger partial charge in [0.1, 0.15) is 12.6 Å². The van der Waals surface area contributed by atoms with Gasteiger partial charge >= 0.3 is 6.09 Å². The topological polar surface area (TPSA) is 117 Å². The minimum Gasteiger partial charge on any atom is -0.445 e. The molecule has 1 rings (SSSR count). The quantitative estimate of drug-likeness (QED) is 0.343. The number of likely N-dealkylation sites (N-methyl/N-ethyl adjacent to an activating group) is 2. The van der Waals surface area contributed by atoms with Crippen molar-refractivity contribution in [1.82, 2.24) is 15.1 Å². The molecule has 0 fully saturated rings. The van der Waals surface area contributed by atoms with E-state index in [1.54, 1.807) is 43.3 Å². The maximum absolute atomic E-state index is 13.0. The SMILES string of the molecule is CCC(C)C(C(CC)OC)N(C)C(=O)CNC(=O)C(C(C)C)N(C)C(=O)OCc1ccc(NC=O)cc1. The molecular formula is C27H44N4O6. The molecule has 0 saturated carbocycles. The Kier molecular flexibility index (Phi) is 13.7. The van der Waals surface area contributed by atoms with Gasteiger partial charge < -0.3 is 25.0 Å². The molecule has 4 unspecified atom stereocenters. The van der Waals surface area contributed by atoms with Crippen molar-refractivity contribution in [2.75, 3.05) is 33.1 Å². The molecular weight excluding hydrogens is 476 g/mol. The van der Waals surface area contributed by atoms with Crippen LogP contribution >= 0.6 is 0 Å². The minimum absolute atomic E-state index is 0.00928. The van der Waals surface area contributed by atoms with E-state index in [4.69, 9.17) is 9.47 Å². The highest BCUT2D eigenvalue weighted by Gasteiger charge is 2.34. The number of benzene rings is 1. The molecule has 0 aromatic heterocycles. The molecule has 1 aromatic carbocycles. The maximum Gasteiger partial charge on any atom is 0.410 e. The first-order chi connectivity index (χ1) is 17.5. The first kappa shape index (κ1) is 31.9. The van der Waals surface area contributed by atoms with Gasteiger partial charge in [0.25, 0.3) is 0 Å². The maximum atomic E-state index is 13.0. The molecule has 0 heterocycles. The van der Waals surface area contributed by atoms with Crippen LogP contribution in [0.2, 0.25) is 0 Å². The molecule has 4 atom stereocenters. The summed E-state index contributed by atoms with van der Waals surface area (Å²) in [6.07, 6.45) is 1.46. The second kappa shape index (κ2) is 15.9. The second-order valence-corrected chi connectivity index (χ2v) is 9.59. The van der Waals surface area contributed by atoms with E-state index >= 15 is 0 Å². The fourth-order valence-electron chi connectivity index (χ4n) is 4.40. The van der Waals surface area contributed by atoms with Crippen LogP contribution in [0.25, 0.3) is 0 Å². The Morgan fingerprint density at radius 1 is 1.00 bits per heavy atom. The lowest BCUT2D eigenvalue weighted by Gasteiger charge is -2.37. The van der Waals surface area contributed by atoms with Crippen LogP contribution < -0.4 is 10.6 Å². The van der Waals surface area contributed by atoms with Crippen molar-refractivity contribution in [3.05, 3.63) is 29.8 Å². The Hall–Kier alpha value is -3.14. The molecule has 0 aliphatic rings. The van der Waals surface area contributed by atoms with E-state index in [2.05, 4.69) is 24.5 Å². The van der Waals surface area contributed by atoms with Crippen LogP contribution in [0.3, 0.4) is 0 Å². The molecule has 4 amide bonds. The number of nitrogens with one attached hydrogen (secondary N) is 2. The smallest absolute Gasteiger partial charge is 0.410 e. The minimum atomic E-state index is -0.822. The Balaban J connectivity index is 2.79. The lowest BCUT2D eigenvalue weighted by atomic mass is 9.91. The van der Waals surface area contributed by atoms with Crippen molar-refractivity contribution in [1.29, 1.82) is 0 Å². The van der Waals surface area contributed by atoms with Crippen LogP contribution in [0.5, 0.6) is 0 Å². The Bertz CT molecular complexity index is 872. The van der Waals surface area contributed by atoms with Gasteiger partial charge in [-0.25, -0.2) is 4.79 Å². The van der Waals surface area contributed by atoms with Gasteiger partial charge in [0.05, 0.1) is 18.7 Å². The largest absolute Gasteiger partial charge is 0.445 e. The van der Waals surface area contributed by atoms with Crippen molar-refractivity contribution < 1.29 is 28.7 Å². The van der Waals surface area contributed by atoms with Crippen LogP contribution in [0, 0.1) is 11.8 Å². The number of nitrogens with zero attached hydrogens (tertiary/aromatic N) is 2. The molecule has 1 aromatic rings. The van der Waals surface area contributed by atoms with Crippen molar-refractivity contribution in [2.45, 2.75) is 72.3 Å². The van der Waals surface area contributed by atoms with Crippen LogP contribution in [0.1, 0.15) is 53.0 Å². The van der Waals surface area contributed by atoms with E-state index in [0.29, 0.717) is 12.1 Å². The number of carbonyl (C=O) groups excluding carboxylic acids is 4. The molecule has 208 valence electrons. The molecule has 0 aliphatic carbocycles. The summed E-state index contributed by atoms with van der Waals surface area (Å²) in [6.45, 7) is 9.65. The number of ether oxygens (including phenoxy) is 2.